The lowest BCUT2D eigenvalue weighted by Crippen LogP contribution is -2.30. The van der Waals surface area contributed by atoms with Crippen molar-refractivity contribution in [2.45, 2.75) is 355 Å². The molecule has 0 aromatic heterocycles. The van der Waals surface area contributed by atoms with Gasteiger partial charge in [0.2, 0.25) is 0 Å². The molecule has 0 amide bonds. The standard InChI is InChI=1S/C67H130O17P2/c1-7-10-12-14-15-16-17-18-19-20-21-22-23-24-25-26-27-32-39-45-51-66(71)83-63(56-78-65(70)50-44-38-31-29-28-30-36-41-47-59(4)5)58-82-86(75,76)80-54-61(68)53-79-85(73,74)81-57-62(55-77-64(69)49-43-35-13-11-8-2)84-67(72)52-46-40-34-33-37-42-48-60(6)9-3/h59-63,68H,7-58H2,1-6H3,(H,73,74)(H,75,76)/t60?,61-,62+,63+/m0/s1. The summed E-state index contributed by atoms with van der Waals surface area (Å²) >= 11 is 0. The Labute approximate surface area is 524 Å². The quantitative estimate of drug-likeness (QED) is 0.0222. The molecule has 0 bridgehead atoms. The molecular formula is C67H130O17P2. The first-order valence-electron chi connectivity index (χ1n) is 35.0. The average Bonchev–Trinajstić information content (AvgIpc) is 3.64. The highest BCUT2D eigenvalue weighted by atomic mass is 31.2. The van der Waals surface area contributed by atoms with Crippen molar-refractivity contribution in [2.24, 2.45) is 11.8 Å². The van der Waals surface area contributed by atoms with Gasteiger partial charge in [-0.3, -0.25) is 37.3 Å². The van der Waals surface area contributed by atoms with E-state index in [1.807, 2.05) is 0 Å². The Morgan fingerprint density at radius 1 is 0.337 bits per heavy atom. The molecule has 0 rings (SSSR count). The van der Waals surface area contributed by atoms with Gasteiger partial charge in [-0.2, -0.15) is 0 Å². The average molecular weight is 1270 g/mol. The highest BCUT2D eigenvalue weighted by molar-refractivity contribution is 7.47. The van der Waals surface area contributed by atoms with Crippen molar-refractivity contribution in [1.29, 1.82) is 0 Å². The van der Waals surface area contributed by atoms with E-state index in [0.29, 0.717) is 25.7 Å². The number of esters is 4. The van der Waals surface area contributed by atoms with Gasteiger partial charge in [0.25, 0.3) is 0 Å². The SMILES string of the molecule is CCCCCCCCCCCCCCCCCCCCCCC(=O)O[C@H](COC(=O)CCCCCCCCCCC(C)C)COP(=O)(O)OC[C@@H](O)COP(=O)(O)OC[C@@H](COC(=O)CCCCCCC)OC(=O)CCCCCCCCC(C)CC. The number of phosphoric acid groups is 2. The lowest BCUT2D eigenvalue weighted by Gasteiger charge is -2.21. The highest BCUT2D eigenvalue weighted by Gasteiger charge is 2.30. The molecule has 0 heterocycles. The minimum Gasteiger partial charge on any atom is -0.462 e. The largest absolute Gasteiger partial charge is 0.472 e. The molecule has 0 radical (unpaired) electrons. The van der Waals surface area contributed by atoms with Crippen LogP contribution in [0.5, 0.6) is 0 Å². The predicted octanol–water partition coefficient (Wildman–Crippen LogP) is 18.8. The van der Waals surface area contributed by atoms with Gasteiger partial charge < -0.3 is 33.8 Å². The molecule has 0 spiro atoms. The van der Waals surface area contributed by atoms with Gasteiger partial charge in [-0.1, -0.05) is 286 Å². The minimum absolute atomic E-state index is 0.102. The Morgan fingerprint density at radius 2 is 0.593 bits per heavy atom. The maximum absolute atomic E-state index is 13.0. The molecule has 86 heavy (non-hydrogen) atoms. The second kappa shape index (κ2) is 59.4. The van der Waals surface area contributed by atoms with Crippen LogP contribution in [0.15, 0.2) is 0 Å². The van der Waals surface area contributed by atoms with Crippen molar-refractivity contribution < 1.29 is 80.2 Å². The molecule has 0 aromatic carbocycles. The van der Waals surface area contributed by atoms with Crippen LogP contribution < -0.4 is 0 Å². The predicted molar refractivity (Wildman–Crippen MR) is 345 cm³/mol. The minimum atomic E-state index is -4.95. The molecule has 3 N–H and O–H groups in total. The summed E-state index contributed by atoms with van der Waals surface area (Å²) in [7, 11) is -9.88. The monoisotopic (exact) mass is 1270 g/mol. The number of carbonyl (C=O) groups excluding carboxylic acids is 4. The van der Waals surface area contributed by atoms with Crippen LogP contribution in [0.3, 0.4) is 0 Å². The third-order valence-electron chi connectivity index (χ3n) is 15.8. The van der Waals surface area contributed by atoms with Crippen molar-refractivity contribution >= 4 is 39.5 Å². The summed E-state index contributed by atoms with van der Waals surface area (Å²) in [5.41, 5.74) is 0. The number of hydrogen-bond donors (Lipinski definition) is 3. The van der Waals surface area contributed by atoms with E-state index in [4.69, 9.17) is 37.0 Å². The summed E-state index contributed by atoms with van der Waals surface area (Å²) in [4.78, 5) is 72.1. The number of aliphatic hydroxyl groups is 1. The van der Waals surface area contributed by atoms with Gasteiger partial charge >= 0.3 is 39.5 Å². The van der Waals surface area contributed by atoms with E-state index in [-0.39, 0.29) is 25.7 Å². The summed E-state index contributed by atoms with van der Waals surface area (Å²) in [5, 5.41) is 10.5. The lowest BCUT2D eigenvalue weighted by atomic mass is 10.00. The lowest BCUT2D eigenvalue weighted by molar-refractivity contribution is -0.161. The Morgan fingerprint density at radius 3 is 0.884 bits per heavy atom. The maximum atomic E-state index is 13.0. The number of hydrogen-bond acceptors (Lipinski definition) is 15. The molecule has 510 valence electrons. The summed E-state index contributed by atoms with van der Waals surface area (Å²) in [6.45, 7) is 9.34. The molecule has 19 heteroatoms. The third-order valence-corrected chi connectivity index (χ3v) is 17.7. The molecule has 0 aliphatic heterocycles. The summed E-state index contributed by atoms with van der Waals surface area (Å²) in [6, 6.07) is 0. The Hall–Kier alpha value is -1.94. The maximum Gasteiger partial charge on any atom is 0.472 e. The normalized spacial score (nSPS) is 14.5. The zero-order chi connectivity index (χ0) is 63.6. The van der Waals surface area contributed by atoms with Crippen molar-refractivity contribution in [2.75, 3.05) is 39.6 Å². The first-order chi connectivity index (χ1) is 41.4. The molecule has 0 saturated carbocycles. The second-order valence-electron chi connectivity index (χ2n) is 24.9. The molecule has 0 aliphatic rings. The van der Waals surface area contributed by atoms with Crippen LogP contribution in [0.25, 0.3) is 0 Å². The van der Waals surface area contributed by atoms with E-state index >= 15 is 0 Å². The summed E-state index contributed by atoms with van der Waals surface area (Å²) in [5.74, 6) is -0.698. The third kappa shape index (κ3) is 59.7. The van der Waals surface area contributed by atoms with Crippen LogP contribution in [0, 0.1) is 11.8 Å². The number of carbonyl (C=O) groups is 4. The molecule has 6 atom stereocenters. The number of rotatable bonds is 66. The topological polar surface area (TPSA) is 237 Å². The molecular weight excluding hydrogens is 1140 g/mol. The summed E-state index contributed by atoms with van der Waals surface area (Å²) in [6.07, 6.45) is 43.7. The van der Waals surface area contributed by atoms with Gasteiger partial charge in [0.1, 0.15) is 19.3 Å². The highest BCUT2D eigenvalue weighted by Crippen LogP contribution is 2.45. The summed E-state index contributed by atoms with van der Waals surface area (Å²) < 4.78 is 67.9. The molecule has 0 aliphatic carbocycles. The molecule has 0 aromatic rings. The second-order valence-corrected chi connectivity index (χ2v) is 27.8. The van der Waals surface area contributed by atoms with Crippen molar-refractivity contribution in [3.63, 3.8) is 0 Å². The number of ether oxygens (including phenoxy) is 4. The number of unbranched alkanes of at least 4 members (excludes halogenated alkanes) is 35. The fourth-order valence-electron chi connectivity index (χ4n) is 10.0. The van der Waals surface area contributed by atoms with Crippen LogP contribution in [0.1, 0.15) is 337 Å². The van der Waals surface area contributed by atoms with Crippen LogP contribution >= 0.6 is 15.6 Å². The van der Waals surface area contributed by atoms with Crippen LogP contribution in [0.2, 0.25) is 0 Å². The zero-order valence-electron chi connectivity index (χ0n) is 55.6. The van der Waals surface area contributed by atoms with Crippen molar-refractivity contribution in [3.05, 3.63) is 0 Å². The van der Waals surface area contributed by atoms with E-state index in [0.717, 1.165) is 108 Å². The van der Waals surface area contributed by atoms with Crippen molar-refractivity contribution in [3.8, 4) is 0 Å². The van der Waals surface area contributed by atoms with Gasteiger partial charge in [0.05, 0.1) is 26.4 Å². The smallest absolute Gasteiger partial charge is 0.462 e. The van der Waals surface area contributed by atoms with E-state index in [1.54, 1.807) is 0 Å². The Kier molecular flexibility index (Phi) is 58.0. The molecule has 0 fully saturated rings. The van der Waals surface area contributed by atoms with E-state index in [9.17, 15) is 43.2 Å². The van der Waals surface area contributed by atoms with Gasteiger partial charge in [-0.05, 0) is 37.5 Å². The molecule has 3 unspecified atom stereocenters. The number of aliphatic hydroxyl groups excluding tert-OH is 1. The van der Waals surface area contributed by atoms with Crippen LogP contribution in [-0.4, -0.2) is 96.7 Å². The first kappa shape index (κ1) is 84.1. The van der Waals surface area contributed by atoms with Crippen LogP contribution in [0.4, 0.5) is 0 Å². The molecule has 17 nitrogen and oxygen atoms in total. The fraction of sp³-hybridized carbons (Fsp3) is 0.940. The Balaban J connectivity index is 5.11. The molecule has 0 saturated heterocycles. The van der Waals surface area contributed by atoms with Gasteiger partial charge in [0, 0.05) is 25.7 Å². The Bertz CT molecular complexity index is 1690. The first-order valence-corrected chi connectivity index (χ1v) is 38.0. The van der Waals surface area contributed by atoms with E-state index in [1.165, 1.54) is 148 Å². The van der Waals surface area contributed by atoms with Gasteiger partial charge in [0.15, 0.2) is 12.2 Å². The van der Waals surface area contributed by atoms with E-state index in [2.05, 4.69) is 41.5 Å². The number of phosphoric ester groups is 2. The van der Waals surface area contributed by atoms with Gasteiger partial charge in [-0.15, -0.1) is 0 Å². The van der Waals surface area contributed by atoms with Gasteiger partial charge in [-0.25, -0.2) is 9.13 Å². The van der Waals surface area contributed by atoms with Crippen LogP contribution in [-0.2, 0) is 65.4 Å². The van der Waals surface area contributed by atoms with Crippen molar-refractivity contribution in [1.82, 2.24) is 0 Å². The zero-order valence-corrected chi connectivity index (χ0v) is 57.4. The fourth-order valence-corrected chi connectivity index (χ4v) is 11.6. The van der Waals surface area contributed by atoms with E-state index < -0.39 is 97.5 Å².